The van der Waals surface area contributed by atoms with E-state index in [1.807, 2.05) is 6.92 Å². The molecule has 5 nitrogen and oxygen atoms in total. The summed E-state index contributed by atoms with van der Waals surface area (Å²) in [5, 5.41) is 19.3. The van der Waals surface area contributed by atoms with Gasteiger partial charge in [-0.1, -0.05) is 11.6 Å². The second-order valence-corrected chi connectivity index (χ2v) is 3.97. The van der Waals surface area contributed by atoms with Crippen LogP contribution in [0.4, 0.5) is 5.69 Å². The van der Waals surface area contributed by atoms with Crippen molar-refractivity contribution in [3.63, 3.8) is 0 Å². The Morgan fingerprint density at radius 3 is 3.00 bits per heavy atom. The predicted octanol–water partition coefficient (Wildman–Crippen LogP) is 2.50. The maximum Gasteiger partial charge on any atom is 0.146 e. The van der Waals surface area contributed by atoms with Gasteiger partial charge < -0.3 is 5.32 Å². The third-order valence-electron chi connectivity index (χ3n) is 2.32. The van der Waals surface area contributed by atoms with Gasteiger partial charge in [0.2, 0.25) is 0 Å². The van der Waals surface area contributed by atoms with Gasteiger partial charge in [0, 0.05) is 5.02 Å². The first-order chi connectivity index (χ1) is 8.20. The maximum atomic E-state index is 8.98. The number of hydrogen-bond acceptors (Lipinski definition) is 4. The molecule has 1 unspecified atom stereocenters. The van der Waals surface area contributed by atoms with Gasteiger partial charge in [-0.2, -0.15) is 10.4 Å². The number of rotatable bonds is 3. The zero-order valence-corrected chi connectivity index (χ0v) is 9.86. The molecule has 0 aliphatic rings. The van der Waals surface area contributed by atoms with E-state index in [4.69, 9.17) is 16.9 Å². The van der Waals surface area contributed by atoms with Gasteiger partial charge in [-0.15, -0.1) is 0 Å². The molecule has 0 aliphatic heterocycles. The molecule has 0 spiro atoms. The summed E-state index contributed by atoms with van der Waals surface area (Å²) in [6, 6.07) is 7.10. The molecule has 1 heterocycles. The van der Waals surface area contributed by atoms with Crippen LogP contribution in [0.1, 0.15) is 24.4 Å². The summed E-state index contributed by atoms with van der Waals surface area (Å²) in [5.74, 6) is 0.703. The van der Waals surface area contributed by atoms with Crippen molar-refractivity contribution >= 4 is 17.3 Å². The van der Waals surface area contributed by atoms with Crippen LogP contribution in [0.25, 0.3) is 0 Å². The van der Waals surface area contributed by atoms with Crippen molar-refractivity contribution in [1.82, 2.24) is 15.2 Å². The van der Waals surface area contributed by atoms with Crippen LogP contribution in [0.5, 0.6) is 0 Å². The Kier molecular flexibility index (Phi) is 3.26. The Labute approximate surface area is 103 Å². The highest BCUT2D eigenvalue weighted by Gasteiger charge is 2.10. The number of anilines is 1. The van der Waals surface area contributed by atoms with E-state index in [0.29, 0.717) is 22.1 Å². The highest BCUT2D eigenvalue weighted by Crippen LogP contribution is 2.23. The van der Waals surface area contributed by atoms with Crippen molar-refractivity contribution in [1.29, 1.82) is 5.26 Å². The fraction of sp³-hybridized carbons (Fsp3) is 0.182. The maximum absolute atomic E-state index is 8.98. The van der Waals surface area contributed by atoms with E-state index >= 15 is 0 Å². The lowest BCUT2D eigenvalue weighted by Gasteiger charge is -2.13. The first-order valence-electron chi connectivity index (χ1n) is 5.02. The summed E-state index contributed by atoms with van der Waals surface area (Å²) in [7, 11) is 0. The lowest BCUT2D eigenvalue weighted by molar-refractivity contribution is 0.795. The van der Waals surface area contributed by atoms with E-state index in [2.05, 4.69) is 26.6 Å². The highest BCUT2D eigenvalue weighted by molar-refractivity contribution is 6.30. The van der Waals surface area contributed by atoms with Gasteiger partial charge >= 0.3 is 0 Å². The Morgan fingerprint density at radius 1 is 1.53 bits per heavy atom. The fourth-order valence-corrected chi connectivity index (χ4v) is 1.63. The van der Waals surface area contributed by atoms with E-state index in [-0.39, 0.29) is 6.04 Å². The van der Waals surface area contributed by atoms with E-state index in [1.165, 1.54) is 6.33 Å². The van der Waals surface area contributed by atoms with Crippen molar-refractivity contribution in [2.24, 2.45) is 0 Å². The number of H-pyrrole nitrogens is 1. The molecule has 17 heavy (non-hydrogen) atoms. The molecule has 2 rings (SSSR count). The van der Waals surface area contributed by atoms with E-state index in [1.54, 1.807) is 18.2 Å². The molecule has 0 saturated heterocycles. The standard InChI is InChI=1S/C11H10ClN5/c1-7(11-14-6-15-17-11)16-10-4-9(12)3-2-8(10)5-13/h2-4,6-7,16H,1H3,(H,14,15,17). The number of benzene rings is 1. The van der Waals surface area contributed by atoms with Gasteiger partial charge in [-0.3, -0.25) is 5.10 Å². The molecule has 1 atom stereocenters. The summed E-state index contributed by atoms with van der Waals surface area (Å²) in [6.07, 6.45) is 1.44. The third kappa shape index (κ3) is 2.55. The second kappa shape index (κ2) is 4.85. The molecule has 6 heteroatoms. The van der Waals surface area contributed by atoms with Crippen molar-refractivity contribution in [3.05, 3.63) is 40.9 Å². The number of aromatic amines is 1. The lowest BCUT2D eigenvalue weighted by Crippen LogP contribution is -2.09. The zero-order valence-electron chi connectivity index (χ0n) is 9.11. The predicted molar refractivity (Wildman–Crippen MR) is 64.6 cm³/mol. The van der Waals surface area contributed by atoms with E-state index in [9.17, 15) is 0 Å². The van der Waals surface area contributed by atoms with Crippen molar-refractivity contribution in [2.45, 2.75) is 13.0 Å². The summed E-state index contributed by atoms with van der Waals surface area (Å²) < 4.78 is 0. The molecule has 0 radical (unpaired) electrons. The summed E-state index contributed by atoms with van der Waals surface area (Å²) in [4.78, 5) is 4.05. The van der Waals surface area contributed by atoms with Crippen LogP contribution in [0.2, 0.25) is 5.02 Å². The highest BCUT2D eigenvalue weighted by atomic mass is 35.5. The third-order valence-corrected chi connectivity index (χ3v) is 2.55. The number of halogens is 1. The summed E-state index contributed by atoms with van der Waals surface area (Å²) >= 11 is 5.90. The fourth-order valence-electron chi connectivity index (χ4n) is 1.46. The van der Waals surface area contributed by atoms with Crippen LogP contribution in [0, 0.1) is 11.3 Å². The molecule has 1 aromatic carbocycles. The summed E-state index contributed by atoms with van der Waals surface area (Å²) in [6.45, 7) is 1.92. The number of nitrogens with one attached hydrogen (secondary N) is 2. The molecule has 0 bridgehead atoms. The van der Waals surface area contributed by atoms with Crippen LogP contribution in [0.15, 0.2) is 24.5 Å². The monoisotopic (exact) mass is 247 g/mol. The number of hydrogen-bond donors (Lipinski definition) is 2. The van der Waals surface area contributed by atoms with Crippen molar-refractivity contribution in [3.8, 4) is 6.07 Å². The average molecular weight is 248 g/mol. The molecule has 2 aromatic rings. The molecular formula is C11H10ClN5. The van der Waals surface area contributed by atoms with Gasteiger partial charge in [-0.05, 0) is 25.1 Å². The van der Waals surface area contributed by atoms with Gasteiger partial charge in [0.25, 0.3) is 0 Å². The topological polar surface area (TPSA) is 77.4 Å². The second-order valence-electron chi connectivity index (χ2n) is 3.54. The van der Waals surface area contributed by atoms with Gasteiger partial charge in [0.15, 0.2) is 0 Å². The van der Waals surface area contributed by atoms with Crippen LogP contribution in [-0.2, 0) is 0 Å². The van der Waals surface area contributed by atoms with E-state index in [0.717, 1.165) is 0 Å². The Balaban J connectivity index is 2.24. The van der Waals surface area contributed by atoms with Gasteiger partial charge in [0.1, 0.15) is 18.2 Å². The van der Waals surface area contributed by atoms with Gasteiger partial charge in [0.05, 0.1) is 17.3 Å². The van der Waals surface area contributed by atoms with Crippen LogP contribution in [0.3, 0.4) is 0 Å². The number of nitriles is 1. The molecule has 0 aliphatic carbocycles. The molecular weight excluding hydrogens is 238 g/mol. The first-order valence-corrected chi connectivity index (χ1v) is 5.40. The largest absolute Gasteiger partial charge is 0.374 e. The van der Waals surface area contributed by atoms with Crippen LogP contribution in [-0.4, -0.2) is 15.2 Å². The van der Waals surface area contributed by atoms with Crippen molar-refractivity contribution < 1.29 is 0 Å². The van der Waals surface area contributed by atoms with Crippen LogP contribution < -0.4 is 5.32 Å². The Hall–Kier alpha value is -2.06. The minimum Gasteiger partial charge on any atom is -0.374 e. The van der Waals surface area contributed by atoms with Crippen LogP contribution >= 0.6 is 11.6 Å². The van der Waals surface area contributed by atoms with E-state index < -0.39 is 0 Å². The van der Waals surface area contributed by atoms with Crippen molar-refractivity contribution in [2.75, 3.05) is 5.32 Å². The van der Waals surface area contributed by atoms with Gasteiger partial charge in [-0.25, -0.2) is 4.98 Å². The quantitative estimate of drug-likeness (QED) is 0.874. The summed E-state index contributed by atoms with van der Waals surface area (Å²) in [5.41, 5.74) is 1.23. The minimum atomic E-state index is -0.0805. The molecule has 0 fully saturated rings. The lowest BCUT2D eigenvalue weighted by atomic mass is 10.1. The molecule has 0 saturated carbocycles. The smallest absolute Gasteiger partial charge is 0.146 e. The average Bonchev–Trinajstić information content (AvgIpc) is 2.83. The number of nitrogens with zero attached hydrogens (tertiary/aromatic N) is 3. The minimum absolute atomic E-state index is 0.0805. The molecule has 86 valence electrons. The number of aromatic nitrogens is 3. The molecule has 2 N–H and O–H groups in total. The Morgan fingerprint density at radius 2 is 2.35 bits per heavy atom. The normalized spacial score (nSPS) is 11.8. The zero-order chi connectivity index (χ0) is 12.3. The Bertz CT molecular complexity index is 543. The SMILES string of the molecule is CC(Nc1cc(Cl)ccc1C#N)c1ncn[nH]1. The molecule has 0 amide bonds. The molecule has 1 aromatic heterocycles. The first kappa shape index (κ1) is 11.4.